The van der Waals surface area contributed by atoms with E-state index in [0.717, 1.165) is 0 Å². The van der Waals surface area contributed by atoms with Gasteiger partial charge in [0.15, 0.2) is 0 Å². The molecule has 0 spiro atoms. The van der Waals surface area contributed by atoms with Gasteiger partial charge in [0.25, 0.3) is 0 Å². The molecular weight excluding hydrogens is 242 g/mol. The quantitative estimate of drug-likeness (QED) is 0.661. The van der Waals surface area contributed by atoms with Gasteiger partial charge in [-0.05, 0) is 31.1 Å². The summed E-state index contributed by atoms with van der Waals surface area (Å²) < 4.78 is 30.2. The lowest BCUT2D eigenvalue weighted by Gasteiger charge is -2.11. The third-order valence-electron chi connectivity index (χ3n) is 3.07. The van der Waals surface area contributed by atoms with Crippen LogP contribution >= 0.6 is 0 Å². The largest absolute Gasteiger partial charge is 0.469 e. The summed E-state index contributed by atoms with van der Waals surface area (Å²) in [6.07, 6.45) is 2.88. The first-order valence-corrected chi connectivity index (χ1v) is 7.64. The first-order chi connectivity index (χ1) is 7.94. The van der Waals surface area contributed by atoms with Crippen molar-refractivity contribution in [3.05, 3.63) is 0 Å². The van der Waals surface area contributed by atoms with E-state index in [2.05, 4.69) is 16.4 Å². The Bertz CT molecular complexity index is 348. The second kappa shape index (κ2) is 6.35. The van der Waals surface area contributed by atoms with Crippen molar-refractivity contribution in [1.29, 1.82) is 0 Å². The van der Waals surface area contributed by atoms with Gasteiger partial charge in [-0.25, -0.2) is 13.1 Å². The van der Waals surface area contributed by atoms with E-state index in [9.17, 15) is 13.2 Å². The summed E-state index contributed by atoms with van der Waals surface area (Å²) in [5, 5.41) is 0. The van der Waals surface area contributed by atoms with Crippen LogP contribution in [0.15, 0.2) is 0 Å². The van der Waals surface area contributed by atoms with Crippen LogP contribution in [0.3, 0.4) is 0 Å². The molecule has 1 rings (SSSR count). The van der Waals surface area contributed by atoms with E-state index in [4.69, 9.17) is 0 Å². The number of hydrogen-bond acceptors (Lipinski definition) is 4. The van der Waals surface area contributed by atoms with Gasteiger partial charge < -0.3 is 4.74 Å². The third-order valence-corrected chi connectivity index (χ3v) is 4.51. The van der Waals surface area contributed by atoms with E-state index >= 15 is 0 Å². The van der Waals surface area contributed by atoms with Crippen LogP contribution in [0.1, 0.15) is 32.6 Å². The summed E-state index contributed by atoms with van der Waals surface area (Å²) in [6, 6.07) is 0. The lowest BCUT2D eigenvalue weighted by atomic mass is 10.1. The maximum atomic E-state index is 11.6. The molecule has 1 fully saturated rings. The number of carbonyl (C=O) groups is 1. The Kier molecular flexibility index (Phi) is 5.39. The molecule has 0 aromatic rings. The van der Waals surface area contributed by atoms with Crippen molar-refractivity contribution >= 4 is 16.0 Å². The number of rotatable bonds is 8. The zero-order valence-corrected chi connectivity index (χ0v) is 11.3. The monoisotopic (exact) mass is 263 g/mol. The molecule has 1 unspecified atom stereocenters. The fraction of sp³-hybridized carbons (Fsp3) is 0.909. The number of sulfonamides is 1. The van der Waals surface area contributed by atoms with Gasteiger partial charge in [0.05, 0.1) is 12.9 Å². The maximum Gasteiger partial charge on any atom is 0.305 e. The molecule has 1 aliphatic carbocycles. The lowest BCUT2D eigenvalue weighted by Crippen LogP contribution is -2.31. The van der Waals surface area contributed by atoms with Crippen molar-refractivity contribution in [1.82, 2.24) is 4.72 Å². The van der Waals surface area contributed by atoms with Gasteiger partial charge in [-0.1, -0.05) is 6.92 Å². The molecule has 100 valence electrons. The van der Waals surface area contributed by atoms with Gasteiger partial charge in [-0.2, -0.15) is 0 Å². The molecule has 6 heteroatoms. The van der Waals surface area contributed by atoms with Crippen LogP contribution in [0.4, 0.5) is 0 Å². The van der Waals surface area contributed by atoms with Gasteiger partial charge in [-0.3, -0.25) is 4.79 Å². The summed E-state index contributed by atoms with van der Waals surface area (Å²) in [7, 11) is -1.95. The average molecular weight is 263 g/mol. The second-order valence-corrected chi connectivity index (χ2v) is 6.59. The molecule has 1 aliphatic rings. The van der Waals surface area contributed by atoms with Crippen molar-refractivity contribution in [2.24, 2.45) is 11.8 Å². The lowest BCUT2D eigenvalue weighted by molar-refractivity contribution is -0.140. The van der Waals surface area contributed by atoms with Crippen molar-refractivity contribution < 1.29 is 17.9 Å². The standard InChI is InChI=1S/C11H21NO4S/c1-9(10-5-6-10)8-12-17(14,15)7-3-4-11(13)16-2/h9-10,12H,3-8H2,1-2H3. The molecule has 0 aromatic heterocycles. The molecule has 0 radical (unpaired) electrons. The first-order valence-electron chi connectivity index (χ1n) is 5.99. The van der Waals surface area contributed by atoms with E-state index in [-0.39, 0.29) is 18.1 Å². The third kappa shape index (κ3) is 6.02. The molecule has 1 N–H and O–H groups in total. The Balaban J connectivity index is 2.18. The van der Waals surface area contributed by atoms with Crippen LogP contribution in [0.25, 0.3) is 0 Å². The summed E-state index contributed by atoms with van der Waals surface area (Å²) in [4.78, 5) is 10.8. The van der Waals surface area contributed by atoms with Crippen molar-refractivity contribution in [2.75, 3.05) is 19.4 Å². The van der Waals surface area contributed by atoms with Gasteiger partial charge in [0.1, 0.15) is 0 Å². The molecule has 0 aliphatic heterocycles. The van der Waals surface area contributed by atoms with Gasteiger partial charge in [-0.15, -0.1) is 0 Å². The molecule has 5 nitrogen and oxygen atoms in total. The zero-order valence-electron chi connectivity index (χ0n) is 10.4. The Hall–Kier alpha value is -0.620. The van der Waals surface area contributed by atoms with Gasteiger partial charge >= 0.3 is 5.97 Å². The van der Waals surface area contributed by atoms with E-state index in [1.807, 2.05) is 0 Å². The number of hydrogen-bond donors (Lipinski definition) is 1. The predicted octanol–water partition coefficient (Wildman–Crippen LogP) is 0.905. The summed E-state index contributed by atoms with van der Waals surface area (Å²) in [5.74, 6) is 0.712. The van der Waals surface area contributed by atoms with Crippen LogP contribution in [0.2, 0.25) is 0 Å². The number of methoxy groups -OCH3 is 1. The minimum Gasteiger partial charge on any atom is -0.469 e. The Morgan fingerprint density at radius 3 is 2.65 bits per heavy atom. The van der Waals surface area contributed by atoms with Crippen LogP contribution in [0.5, 0.6) is 0 Å². The minimum atomic E-state index is -3.24. The Labute approximate surface area is 103 Å². The predicted molar refractivity (Wildman–Crippen MR) is 64.9 cm³/mol. The highest BCUT2D eigenvalue weighted by Gasteiger charge is 2.28. The van der Waals surface area contributed by atoms with E-state index in [1.54, 1.807) is 0 Å². The first kappa shape index (κ1) is 14.4. The molecule has 0 bridgehead atoms. The van der Waals surface area contributed by atoms with Crippen molar-refractivity contribution in [3.63, 3.8) is 0 Å². The van der Waals surface area contributed by atoms with Crippen LogP contribution in [-0.4, -0.2) is 33.8 Å². The SMILES string of the molecule is COC(=O)CCCS(=O)(=O)NCC(C)C1CC1. The zero-order chi connectivity index (χ0) is 12.9. The average Bonchev–Trinajstić information content (AvgIpc) is 3.09. The van der Waals surface area contributed by atoms with E-state index in [1.165, 1.54) is 20.0 Å². The highest BCUT2D eigenvalue weighted by atomic mass is 32.2. The van der Waals surface area contributed by atoms with Crippen LogP contribution in [-0.2, 0) is 19.6 Å². The Morgan fingerprint density at radius 1 is 1.47 bits per heavy atom. The molecule has 0 amide bonds. The molecule has 1 atom stereocenters. The van der Waals surface area contributed by atoms with Crippen molar-refractivity contribution in [2.45, 2.75) is 32.6 Å². The second-order valence-electron chi connectivity index (χ2n) is 4.66. The molecule has 0 heterocycles. The summed E-state index contributed by atoms with van der Waals surface area (Å²) in [5.41, 5.74) is 0. The smallest absolute Gasteiger partial charge is 0.305 e. The molecule has 1 saturated carbocycles. The molecule has 0 saturated heterocycles. The fourth-order valence-electron chi connectivity index (χ4n) is 1.67. The minimum absolute atomic E-state index is 0.0144. The van der Waals surface area contributed by atoms with E-state index in [0.29, 0.717) is 24.8 Å². The number of esters is 1. The number of ether oxygens (including phenoxy) is 1. The number of carbonyl (C=O) groups excluding carboxylic acids is 1. The maximum absolute atomic E-state index is 11.6. The fourth-order valence-corrected chi connectivity index (χ4v) is 2.86. The van der Waals surface area contributed by atoms with Gasteiger partial charge in [0, 0.05) is 13.0 Å². The van der Waals surface area contributed by atoms with Crippen LogP contribution in [0, 0.1) is 11.8 Å². The van der Waals surface area contributed by atoms with Crippen molar-refractivity contribution in [3.8, 4) is 0 Å². The van der Waals surface area contributed by atoms with Gasteiger partial charge in [0.2, 0.25) is 10.0 Å². The molecular formula is C11H21NO4S. The number of nitrogens with one attached hydrogen (secondary N) is 1. The van der Waals surface area contributed by atoms with E-state index < -0.39 is 10.0 Å². The highest BCUT2D eigenvalue weighted by molar-refractivity contribution is 7.89. The topological polar surface area (TPSA) is 72.5 Å². The normalized spacial score (nSPS) is 17.8. The van der Waals surface area contributed by atoms with Crippen LogP contribution < -0.4 is 4.72 Å². The molecule has 17 heavy (non-hydrogen) atoms. The highest BCUT2D eigenvalue weighted by Crippen LogP contribution is 2.36. The molecule has 0 aromatic carbocycles. The Morgan fingerprint density at radius 2 is 2.12 bits per heavy atom. The summed E-state index contributed by atoms with van der Waals surface area (Å²) >= 11 is 0. The summed E-state index contributed by atoms with van der Waals surface area (Å²) in [6.45, 7) is 2.57.